The number of hydrogen-bond donors (Lipinski definition) is 0. The van der Waals surface area contributed by atoms with Crippen LogP contribution in [0.15, 0.2) is 54.6 Å². The molecule has 0 N–H and O–H groups in total. The number of nitrogens with zero attached hydrogens (tertiary/aromatic N) is 1. The fraction of sp³-hybridized carbons (Fsp3) is 0.641. The summed E-state index contributed by atoms with van der Waals surface area (Å²) in [6.07, 6.45) is 0.837. The molecule has 0 spiro atoms. The van der Waals surface area contributed by atoms with Crippen LogP contribution >= 0.6 is 0 Å². The molecule has 10 heteroatoms. The number of Topliss-reactive ketones (excluding diaryl/α,β-unsaturated/α-hetero) is 2. The van der Waals surface area contributed by atoms with E-state index in [-0.39, 0.29) is 36.9 Å². The van der Waals surface area contributed by atoms with Gasteiger partial charge in [-0.05, 0) is 78.8 Å². The number of carbonyl (C=O) groups is 4. The molecule has 3 rings (SSSR count). The molecule has 2 aliphatic heterocycles. The predicted molar refractivity (Wildman–Crippen MR) is 187 cm³/mol. The van der Waals surface area contributed by atoms with Crippen LogP contribution in [0.4, 0.5) is 0 Å². The summed E-state index contributed by atoms with van der Waals surface area (Å²) in [5, 5.41) is 0. The van der Waals surface area contributed by atoms with Crippen LogP contribution in [-0.2, 0) is 38.1 Å². The number of benzene rings is 1. The summed E-state index contributed by atoms with van der Waals surface area (Å²) in [5.74, 6) is -4.47. The second kappa shape index (κ2) is 17.7. The van der Waals surface area contributed by atoms with Crippen molar-refractivity contribution in [2.24, 2.45) is 23.7 Å². The molecule has 1 saturated heterocycles. The summed E-state index contributed by atoms with van der Waals surface area (Å²) in [5.41, 5.74) is -0.324. The quantitative estimate of drug-likeness (QED) is 0.175. The third-order valence-corrected chi connectivity index (χ3v) is 9.92. The van der Waals surface area contributed by atoms with Gasteiger partial charge < -0.3 is 28.6 Å². The van der Waals surface area contributed by atoms with Gasteiger partial charge in [0.25, 0.3) is 0 Å². The lowest BCUT2D eigenvalue weighted by Gasteiger charge is -2.47. The first kappa shape index (κ1) is 40.3. The minimum atomic E-state index is -1.25. The number of hydrogen-bond acceptors (Lipinski definition) is 10. The van der Waals surface area contributed by atoms with E-state index in [2.05, 4.69) is 6.58 Å². The molecule has 1 aromatic carbocycles. The standard InChI is InChI=1S/C39H57NO9/c1-12-19-45-39(9)22-25(5)32(41)24(4)20-23(3)31(13-2)47-36(43)28(8)33(42)27(7)35(39)49-38-34(30(40(10)11)21-26(6)46-38)48-37(44)29-17-15-14-16-18-29/h12,14-18,20,23,25-28,30-31,34-35,38H,1,13,19,21-22H2,2-11H3/b24-20+/t23-,25+,26+,27-,28+,30-,31+,34+,35+,38?,39-/m0/s1. The highest BCUT2D eigenvalue weighted by Gasteiger charge is 2.51. The highest BCUT2D eigenvalue weighted by atomic mass is 16.7. The van der Waals surface area contributed by atoms with Crippen LogP contribution in [0.5, 0.6) is 0 Å². The smallest absolute Gasteiger partial charge is 0.338 e. The molecule has 0 saturated carbocycles. The number of esters is 2. The molecule has 11 atom stereocenters. The van der Waals surface area contributed by atoms with Crippen molar-refractivity contribution in [1.29, 1.82) is 0 Å². The topological polar surface area (TPSA) is 118 Å². The number of carbonyl (C=O) groups excluding carboxylic acids is 4. The normalized spacial score (nSPS) is 36.3. The molecular weight excluding hydrogens is 626 g/mol. The third-order valence-electron chi connectivity index (χ3n) is 9.92. The van der Waals surface area contributed by atoms with E-state index >= 15 is 0 Å². The van der Waals surface area contributed by atoms with E-state index in [1.165, 1.54) is 0 Å². The third kappa shape index (κ3) is 9.96. The first-order valence-electron chi connectivity index (χ1n) is 17.5. The molecule has 0 amide bonds. The molecular formula is C39H57NO9. The molecule has 1 aromatic rings. The van der Waals surface area contributed by atoms with Crippen molar-refractivity contribution >= 4 is 23.5 Å². The van der Waals surface area contributed by atoms with Gasteiger partial charge in [-0.25, -0.2) is 4.79 Å². The van der Waals surface area contributed by atoms with Crippen LogP contribution in [0, 0.1) is 23.7 Å². The molecule has 0 aliphatic carbocycles. The molecule has 1 fully saturated rings. The zero-order valence-electron chi connectivity index (χ0n) is 31.0. The van der Waals surface area contributed by atoms with E-state index in [4.69, 9.17) is 23.7 Å². The van der Waals surface area contributed by atoms with Gasteiger partial charge in [0.05, 0.1) is 36.0 Å². The number of allylic oxidation sites excluding steroid dienone is 1. The van der Waals surface area contributed by atoms with Gasteiger partial charge in [0.15, 0.2) is 24.0 Å². The summed E-state index contributed by atoms with van der Waals surface area (Å²) in [7, 11) is 3.80. The Balaban J connectivity index is 2.16. The minimum Gasteiger partial charge on any atom is -0.461 e. The van der Waals surface area contributed by atoms with Crippen LogP contribution < -0.4 is 0 Å². The Morgan fingerprint density at radius 2 is 1.73 bits per heavy atom. The lowest BCUT2D eigenvalue weighted by molar-refractivity contribution is -0.295. The molecule has 272 valence electrons. The maximum absolute atomic E-state index is 14.2. The average Bonchev–Trinajstić information content (AvgIpc) is 3.07. The number of rotatable bonds is 9. The van der Waals surface area contributed by atoms with Crippen LogP contribution in [0.25, 0.3) is 0 Å². The average molecular weight is 684 g/mol. The first-order chi connectivity index (χ1) is 23.0. The zero-order valence-corrected chi connectivity index (χ0v) is 31.0. The Hall–Kier alpha value is -3.18. The fourth-order valence-electron chi connectivity index (χ4n) is 7.12. The summed E-state index contributed by atoms with van der Waals surface area (Å²) >= 11 is 0. The number of ketones is 2. The largest absolute Gasteiger partial charge is 0.461 e. The van der Waals surface area contributed by atoms with E-state index in [0.29, 0.717) is 24.0 Å². The Morgan fingerprint density at radius 3 is 2.33 bits per heavy atom. The Kier molecular flexibility index (Phi) is 14.5. The van der Waals surface area contributed by atoms with Crippen LogP contribution in [0.1, 0.15) is 85.0 Å². The van der Waals surface area contributed by atoms with E-state index in [9.17, 15) is 19.2 Å². The highest BCUT2D eigenvalue weighted by molar-refractivity contribution is 6.00. The van der Waals surface area contributed by atoms with E-state index in [0.717, 1.165) is 0 Å². The monoisotopic (exact) mass is 683 g/mol. The maximum atomic E-state index is 14.2. The number of likely N-dealkylation sites (N-methyl/N-ethyl adjacent to an activating group) is 1. The zero-order chi connectivity index (χ0) is 36.6. The van der Waals surface area contributed by atoms with Gasteiger partial charge in [0, 0.05) is 17.8 Å². The van der Waals surface area contributed by atoms with Gasteiger partial charge >= 0.3 is 11.9 Å². The van der Waals surface area contributed by atoms with Crippen molar-refractivity contribution in [3.63, 3.8) is 0 Å². The Labute approximate surface area is 292 Å². The molecule has 10 nitrogen and oxygen atoms in total. The van der Waals surface area contributed by atoms with Crippen molar-refractivity contribution in [1.82, 2.24) is 4.90 Å². The summed E-state index contributed by atoms with van der Waals surface area (Å²) < 4.78 is 31.7. The minimum absolute atomic E-state index is 0.0884. The van der Waals surface area contributed by atoms with Gasteiger partial charge in [0.1, 0.15) is 12.0 Å². The van der Waals surface area contributed by atoms with Gasteiger partial charge in [-0.1, -0.05) is 58.0 Å². The molecule has 0 radical (unpaired) electrons. The van der Waals surface area contributed by atoms with Crippen LogP contribution in [0.2, 0.25) is 0 Å². The molecule has 49 heavy (non-hydrogen) atoms. The second-order valence-corrected chi connectivity index (χ2v) is 14.3. The molecule has 2 heterocycles. The lowest BCUT2D eigenvalue weighted by Crippen LogP contribution is -2.60. The molecule has 0 bridgehead atoms. The molecule has 0 aromatic heterocycles. The van der Waals surface area contributed by atoms with E-state index < -0.39 is 65.7 Å². The van der Waals surface area contributed by atoms with Crippen molar-refractivity contribution in [2.45, 2.75) is 117 Å². The lowest BCUT2D eigenvalue weighted by atomic mass is 9.77. The predicted octanol–water partition coefficient (Wildman–Crippen LogP) is 5.98. The van der Waals surface area contributed by atoms with Gasteiger partial charge in [-0.15, -0.1) is 6.58 Å². The maximum Gasteiger partial charge on any atom is 0.338 e. The van der Waals surface area contributed by atoms with Crippen LogP contribution in [-0.4, -0.2) is 91.5 Å². The van der Waals surface area contributed by atoms with Gasteiger partial charge in [-0.3, -0.25) is 14.4 Å². The number of cyclic esters (lactones) is 1. The van der Waals surface area contributed by atoms with Gasteiger partial charge in [0.2, 0.25) is 0 Å². The highest BCUT2D eigenvalue weighted by Crippen LogP contribution is 2.38. The molecule has 1 unspecified atom stereocenters. The Bertz CT molecular complexity index is 1340. The Morgan fingerprint density at radius 1 is 1.08 bits per heavy atom. The SMILES string of the molecule is C=CCO[C@@]1(C)C[C@@H](C)C(=O)/C(C)=C/[C@H](C)[C@@H](CC)OC(=O)[C@H](C)C(=O)[C@H](C)[C@H]1OC1O[C@H](C)C[C@H](N(C)C)[C@H]1OC(=O)c1ccccc1. The van der Waals surface area contributed by atoms with Crippen molar-refractivity contribution < 1.29 is 42.9 Å². The number of ether oxygens (including phenoxy) is 5. The van der Waals surface area contributed by atoms with E-state index in [1.807, 2.05) is 58.8 Å². The fourth-order valence-corrected chi connectivity index (χ4v) is 7.12. The van der Waals surface area contributed by atoms with Crippen LogP contribution in [0.3, 0.4) is 0 Å². The van der Waals surface area contributed by atoms with Gasteiger partial charge in [-0.2, -0.15) is 0 Å². The first-order valence-corrected chi connectivity index (χ1v) is 17.5. The van der Waals surface area contributed by atoms with Crippen molar-refractivity contribution in [2.75, 3.05) is 20.7 Å². The molecule has 2 aliphatic rings. The summed E-state index contributed by atoms with van der Waals surface area (Å²) in [6.45, 7) is 18.3. The van der Waals surface area contributed by atoms with Crippen molar-refractivity contribution in [3.8, 4) is 0 Å². The summed E-state index contributed by atoms with van der Waals surface area (Å²) in [6, 6.07) is 8.39. The summed E-state index contributed by atoms with van der Waals surface area (Å²) in [4.78, 5) is 56.9. The second-order valence-electron chi connectivity index (χ2n) is 14.3. The van der Waals surface area contributed by atoms with Crippen molar-refractivity contribution in [3.05, 3.63) is 60.2 Å². The van der Waals surface area contributed by atoms with E-state index in [1.54, 1.807) is 58.0 Å².